The number of piperidine rings is 1. The second-order valence-corrected chi connectivity index (χ2v) is 4.69. The summed E-state index contributed by atoms with van der Waals surface area (Å²) >= 11 is 0. The highest BCUT2D eigenvalue weighted by atomic mass is 16.6. The molecule has 1 spiro atoms. The molecule has 86 valence electrons. The molecule has 2 rings (SSSR count). The average Bonchev–Trinajstić information content (AvgIpc) is 2.55. The van der Waals surface area contributed by atoms with E-state index in [1.165, 1.54) is 0 Å². The molecule has 15 heavy (non-hydrogen) atoms. The van der Waals surface area contributed by atoms with Gasteiger partial charge in [0.05, 0.1) is 6.54 Å². The Morgan fingerprint density at radius 1 is 1.53 bits per heavy atom. The SMILES string of the molecule is CCC(C)N1CC2(CCNCC2)OC1=O. The van der Waals surface area contributed by atoms with E-state index in [9.17, 15) is 4.79 Å². The number of nitrogens with zero attached hydrogens (tertiary/aromatic N) is 1. The minimum absolute atomic E-state index is 0.119. The number of amides is 1. The molecule has 0 aliphatic carbocycles. The van der Waals surface area contributed by atoms with E-state index >= 15 is 0 Å². The molecule has 2 aliphatic rings. The van der Waals surface area contributed by atoms with Crippen molar-refractivity contribution >= 4 is 6.09 Å². The van der Waals surface area contributed by atoms with Crippen LogP contribution in [0, 0.1) is 0 Å². The van der Waals surface area contributed by atoms with Crippen LogP contribution in [0.25, 0.3) is 0 Å². The Morgan fingerprint density at radius 3 is 2.80 bits per heavy atom. The Bertz CT molecular complexity index is 249. The summed E-state index contributed by atoms with van der Waals surface area (Å²) in [5.74, 6) is 0. The van der Waals surface area contributed by atoms with Crippen LogP contribution in [0.2, 0.25) is 0 Å². The van der Waals surface area contributed by atoms with Crippen molar-refractivity contribution < 1.29 is 9.53 Å². The number of ether oxygens (including phenoxy) is 1. The van der Waals surface area contributed by atoms with E-state index in [0.29, 0.717) is 6.04 Å². The second kappa shape index (κ2) is 4.00. The fraction of sp³-hybridized carbons (Fsp3) is 0.909. The van der Waals surface area contributed by atoms with Crippen molar-refractivity contribution in [2.24, 2.45) is 0 Å². The van der Waals surface area contributed by atoms with Gasteiger partial charge in [-0.05, 0) is 26.4 Å². The second-order valence-electron chi connectivity index (χ2n) is 4.69. The average molecular weight is 212 g/mol. The monoisotopic (exact) mass is 212 g/mol. The van der Waals surface area contributed by atoms with Crippen molar-refractivity contribution in [3.8, 4) is 0 Å². The maximum absolute atomic E-state index is 11.7. The molecule has 0 aromatic rings. The summed E-state index contributed by atoms with van der Waals surface area (Å²) in [7, 11) is 0. The summed E-state index contributed by atoms with van der Waals surface area (Å²) in [6, 6.07) is 0.298. The van der Waals surface area contributed by atoms with E-state index in [4.69, 9.17) is 4.74 Å². The number of hydrogen-bond donors (Lipinski definition) is 1. The first-order valence-electron chi connectivity index (χ1n) is 5.87. The zero-order valence-corrected chi connectivity index (χ0v) is 9.58. The van der Waals surface area contributed by atoms with Gasteiger partial charge < -0.3 is 15.0 Å². The quantitative estimate of drug-likeness (QED) is 0.751. The van der Waals surface area contributed by atoms with Crippen LogP contribution in [0.15, 0.2) is 0 Å². The first-order valence-corrected chi connectivity index (χ1v) is 5.87. The van der Waals surface area contributed by atoms with Crippen LogP contribution in [0.5, 0.6) is 0 Å². The van der Waals surface area contributed by atoms with E-state index < -0.39 is 0 Å². The van der Waals surface area contributed by atoms with Gasteiger partial charge in [0, 0.05) is 18.9 Å². The molecule has 4 nitrogen and oxygen atoms in total. The summed E-state index contributed by atoms with van der Waals surface area (Å²) in [6.07, 6.45) is 2.77. The van der Waals surface area contributed by atoms with Gasteiger partial charge in [-0.3, -0.25) is 0 Å². The van der Waals surface area contributed by atoms with Gasteiger partial charge in [0.15, 0.2) is 0 Å². The van der Waals surface area contributed by atoms with Gasteiger partial charge >= 0.3 is 6.09 Å². The zero-order chi connectivity index (χ0) is 10.9. The van der Waals surface area contributed by atoms with Gasteiger partial charge in [-0.25, -0.2) is 4.79 Å². The molecule has 0 radical (unpaired) electrons. The summed E-state index contributed by atoms with van der Waals surface area (Å²) in [4.78, 5) is 13.6. The van der Waals surface area contributed by atoms with Crippen LogP contribution in [0.4, 0.5) is 4.79 Å². The first-order chi connectivity index (χ1) is 7.17. The highest BCUT2D eigenvalue weighted by molar-refractivity contribution is 5.71. The van der Waals surface area contributed by atoms with Gasteiger partial charge in [0.25, 0.3) is 0 Å². The van der Waals surface area contributed by atoms with Crippen LogP contribution < -0.4 is 5.32 Å². The predicted molar refractivity (Wildman–Crippen MR) is 57.8 cm³/mol. The number of nitrogens with one attached hydrogen (secondary N) is 1. The summed E-state index contributed by atoms with van der Waals surface area (Å²) in [6.45, 7) is 6.89. The van der Waals surface area contributed by atoms with Crippen LogP contribution in [0.1, 0.15) is 33.1 Å². The molecule has 1 atom stereocenters. The van der Waals surface area contributed by atoms with Crippen LogP contribution in [0.3, 0.4) is 0 Å². The van der Waals surface area contributed by atoms with Crippen LogP contribution in [-0.2, 0) is 4.74 Å². The topological polar surface area (TPSA) is 41.6 Å². The zero-order valence-electron chi connectivity index (χ0n) is 9.58. The minimum atomic E-state index is -0.189. The fourth-order valence-electron chi connectivity index (χ4n) is 2.35. The van der Waals surface area contributed by atoms with Gasteiger partial charge in [0.1, 0.15) is 5.60 Å². The Morgan fingerprint density at radius 2 is 2.20 bits per heavy atom. The molecule has 2 heterocycles. The van der Waals surface area contributed by atoms with Crippen molar-refractivity contribution in [2.75, 3.05) is 19.6 Å². The van der Waals surface area contributed by atoms with Crippen molar-refractivity contribution in [1.82, 2.24) is 10.2 Å². The molecule has 2 fully saturated rings. The third-order valence-electron chi connectivity index (χ3n) is 3.63. The lowest BCUT2D eigenvalue weighted by atomic mass is 9.92. The third-order valence-corrected chi connectivity index (χ3v) is 3.63. The Labute approximate surface area is 91.0 Å². The summed E-state index contributed by atoms with van der Waals surface area (Å²) < 4.78 is 5.57. The van der Waals surface area contributed by atoms with Crippen LogP contribution in [-0.4, -0.2) is 42.3 Å². The van der Waals surface area contributed by atoms with Crippen molar-refractivity contribution in [2.45, 2.75) is 44.8 Å². The lowest BCUT2D eigenvalue weighted by molar-refractivity contribution is 0.0316. The van der Waals surface area contributed by atoms with Crippen molar-refractivity contribution in [3.05, 3.63) is 0 Å². The fourth-order valence-corrected chi connectivity index (χ4v) is 2.35. The first kappa shape index (κ1) is 10.7. The highest BCUT2D eigenvalue weighted by Gasteiger charge is 2.46. The molecular formula is C11H20N2O2. The van der Waals surface area contributed by atoms with Crippen molar-refractivity contribution in [1.29, 1.82) is 0 Å². The van der Waals surface area contributed by atoms with Gasteiger partial charge in [-0.1, -0.05) is 6.92 Å². The van der Waals surface area contributed by atoms with Crippen molar-refractivity contribution in [3.63, 3.8) is 0 Å². The predicted octanol–water partition coefficient (Wildman–Crippen LogP) is 1.36. The lowest BCUT2D eigenvalue weighted by Gasteiger charge is -2.31. The van der Waals surface area contributed by atoms with E-state index in [-0.39, 0.29) is 11.7 Å². The molecule has 2 aliphatic heterocycles. The summed E-state index contributed by atoms with van der Waals surface area (Å²) in [5, 5.41) is 3.30. The maximum Gasteiger partial charge on any atom is 0.410 e. The Hall–Kier alpha value is -0.770. The normalized spacial score (nSPS) is 26.8. The van der Waals surface area contributed by atoms with E-state index in [1.54, 1.807) is 0 Å². The molecule has 4 heteroatoms. The Balaban J connectivity index is 2.04. The Kier molecular flexibility index (Phi) is 2.87. The molecule has 1 N–H and O–H groups in total. The molecule has 0 aromatic carbocycles. The summed E-state index contributed by atoms with van der Waals surface area (Å²) in [5.41, 5.74) is -0.189. The van der Waals surface area contributed by atoms with Gasteiger partial charge in [-0.2, -0.15) is 0 Å². The van der Waals surface area contributed by atoms with E-state index in [2.05, 4.69) is 19.2 Å². The van der Waals surface area contributed by atoms with Gasteiger partial charge in [-0.15, -0.1) is 0 Å². The largest absolute Gasteiger partial charge is 0.441 e. The minimum Gasteiger partial charge on any atom is -0.441 e. The smallest absolute Gasteiger partial charge is 0.410 e. The molecule has 0 bridgehead atoms. The maximum atomic E-state index is 11.7. The molecule has 1 unspecified atom stereocenters. The highest BCUT2D eigenvalue weighted by Crippen LogP contribution is 2.32. The van der Waals surface area contributed by atoms with Gasteiger partial charge in [0.2, 0.25) is 0 Å². The number of hydrogen-bond acceptors (Lipinski definition) is 3. The van der Waals surface area contributed by atoms with E-state index in [0.717, 1.165) is 38.9 Å². The molecule has 2 saturated heterocycles. The standard InChI is InChI=1S/C11H20N2O2/c1-3-9(2)13-8-11(15-10(13)14)4-6-12-7-5-11/h9,12H,3-8H2,1-2H3. The van der Waals surface area contributed by atoms with Crippen LogP contribution >= 0.6 is 0 Å². The number of carbonyl (C=O) groups excluding carboxylic acids is 1. The molecule has 0 aromatic heterocycles. The number of rotatable bonds is 2. The van der Waals surface area contributed by atoms with E-state index in [1.807, 2.05) is 4.90 Å². The number of carbonyl (C=O) groups is 1. The molecule has 0 saturated carbocycles. The lowest BCUT2D eigenvalue weighted by Crippen LogP contribution is -2.45. The third kappa shape index (κ3) is 1.95. The molecular weight excluding hydrogens is 192 g/mol. The molecule has 1 amide bonds.